The van der Waals surface area contributed by atoms with Crippen LogP contribution in [0.5, 0.6) is 5.75 Å². The maximum Gasteiger partial charge on any atom is 0.178 e. The molecule has 0 saturated carbocycles. The fourth-order valence-corrected chi connectivity index (χ4v) is 3.41. The second kappa shape index (κ2) is 8.43. The van der Waals surface area contributed by atoms with Gasteiger partial charge in [0.25, 0.3) is 0 Å². The van der Waals surface area contributed by atoms with E-state index in [2.05, 4.69) is 44.8 Å². The summed E-state index contributed by atoms with van der Waals surface area (Å²) in [5.74, 6) is 1.87. The summed E-state index contributed by atoms with van der Waals surface area (Å²) < 4.78 is 6.06. The highest BCUT2D eigenvalue weighted by atomic mass is 32.1. The van der Waals surface area contributed by atoms with E-state index in [4.69, 9.17) is 4.74 Å². The van der Waals surface area contributed by atoms with Gasteiger partial charge < -0.3 is 4.74 Å². The third kappa shape index (κ3) is 3.86. The summed E-state index contributed by atoms with van der Waals surface area (Å²) in [5, 5.41) is 2.48. The topological polar surface area (TPSA) is 39.2 Å². The zero-order valence-corrected chi connectivity index (χ0v) is 16.1. The zero-order chi connectivity index (χ0) is 17.7. The van der Waals surface area contributed by atoms with Crippen molar-refractivity contribution < 1.29 is 9.53 Å². The Morgan fingerprint density at radius 3 is 2.12 bits per heavy atom. The van der Waals surface area contributed by atoms with Crippen molar-refractivity contribution in [3.63, 3.8) is 0 Å². The van der Waals surface area contributed by atoms with E-state index in [0.29, 0.717) is 23.5 Å². The van der Waals surface area contributed by atoms with Crippen LogP contribution >= 0.6 is 11.3 Å². The SMILES string of the molecule is CCOc1c(C(C)CC)cc(-c2csc(C=O)n2)cc1C(C)CC. The molecule has 0 fully saturated rings. The molecule has 1 heterocycles. The molecular formula is C20H27NO2S. The van der Waals surface area contributed by atoms with Gasteiger partial charge in [-0.1, -0.05) is 27.7 Å². The molecule has 0 radical (unpaired) electrons. The molecular weight excluding hydrogens is 318 g/mol. The molecule has 0 saturated heterocycles. The molecule has 2 unspecified atom stereocenters. The lowest BCUT2D eigenvalue weighted by atomic mass is 9.87. The van der Waals surface area contributed by atoms with E-state index in [1.54, 1.807) is 0 Å². The Kier molecular flexibility index (Phi) is 6.55. The average molecular weight is 346 g/mol. The number of benzene rings is 1. The van der Waals surface area contributed by atoms with Crippen LogP contribution in [0.3, 0.4) is 0 Å². The maximum absolute atomic E-state index is 11.0. The van der Waals surface area contributed by atoms with Crippen LogP contribution in [-0.4, -0.2) is 17.9 Å². The first-order chi connectivity index (χ1) is 11.5. The monoisotopic (exact) mass is 345 g/mol. The predicted octanol–water partition coefficient (Wildman–Crippen LogP) is 6.05. The lowest BCUT2D eigenvalue weighted by Crippen LogP contribution is -2.06. The molecule has 130 valence electrons. The van der Waals surface area contributed by atoms with Gasteiger partial charge in [-0.2, -0.15) is 0 Å². The van der Waals surface area contributed by atoms with E-state index in [1.165, 1.54) is 22.5 Å². The van der Waals surface area contributed by atoms with Crippen LogP contribution in [0.25, 0.3) is 11.3 Å². The number of rotatable bonds is 8. The lowest BCUT2D eigenvalue weighted by molar-refractivity contribution is 0.112. The van der Waals surface area contributed by atoms with Gasteiger partial charge in [-0.25, -0.2) is 4.98 Å². The fraction of sp³-hybridized carbons (Fsp3) is 0.500. The summed E-state index contributed by atoms with van der Waals surface area (Å²) in [6, 6.07) is 4.38. The molecule has 4 heteroatoms. The van der Waals surface area contributed by atoms with Gasteiger partial charge in [0.2, 0.25) is 0 Å². The lowest BCUT2D eigenvalue weighted by Gasteiger charge is -2.23. The van der Waals surface area contributed by atoms with Gasteiger partial charge in [-0.3, -0.25) is 4.79 Å². The van der Waals surface area contributed by atoms with Gasteiger partial charge in [0.05, 0.1) is 12.3 Å². The molecule has 2 aromatic rings. The number of nitrogens with zero attached hydrogens (tertiary/aromatic N) is 1. The van der Waals surface area contributed by atoms with Crippen molar-refractivity contribution in [1.82, 2.24) is 4.98 Å². The van der Waals surface area contributed by atoms with Gasteiger partial charge >= 0.3 is 0 Å². The van der Waals surface area contributed by atoms with E-state index >= 15 is 0 Å². The van der Waals surface area contributed by atoms with E-state index in [0.717, 1.165) is 36.1 Å². The van der Waals surface area contributed by atoms with Gasteiger partial charge in [-0.15, -0.1) is 11.3 Å². The van der Waals surface area contributed by atoms with Crippen LogP contribution in [0.15, 0.2) is 17.5 Å². The minimum atomic E-state index is 0.415. The van der Waals surface area contributed by atoms with Crippen LogP contribution in [0.1, 0.15) is 80.2 Å². The molecule has 0 aliphatic heterocycles. The minimum absolute atomic E-state index is 0.415. The van der Waals surface area contributed by atoms with E-state index in [9.17, 15) is 4.79 Å². The number of carbonyl (C=O) groups is 1. The van der Waals surface area contributed by atoms with Crippen molar-refractivity contribution in [1.29, 1.82) is 0 Å². The summed E-state index contributed by atoms with van der Waals surface area (Å²) in [6.45, 7) is 11.6. The number of carbonyl (C=O) groups excluding carboxylic acids is 1. The molecule has 1 aromatic carbocycles. The Hall–Kier alpha value is -1.68. The highest BCUT2D eigenvalue weighted by Gasteiger charge is 2.20. The molecule has 3 nitrogen and oxygen atoms in total. The first kappa shape index (κ1) is 18.7. The van der Waals surface area contributed by atoms with Crippen molar-refractivity contribution in [3.8, 4) is 17.0 Å². The number of hydrogen-bond acceptors (Lipinski definition) is 4. The molecule has 2 atom stereocenters. The van der Waals surface area contributed by atoms with Gasteiger partial charge in [0, 0.05) is 10.9 Å². The Morgan fingerprint density at radius 1 is 1.12 bits per heavy atom. The number of aldehydes is 1. The standard InChI is InChI=1S/C20H27NO2S/c1-6-13(4)16-9-15(18-12-24-19(11-22)21-18)10-17(14(5)7-2)20(16)23-8-3/h9-14H,6-8H2,1-5H3. The van der Waals surface area contributed by atoms with Crippen LogP contribution in [0.2, 0.25) is 0 Å². The number of hydrogen-bond donors (Lipinski definition) is 0. The largest absolute Gasteiger partial charge is 0.493 e. The molecule has 0 aliphatic rings. The Labute approximate surface area is 149 Å². The minimum Gasteiger partial charge on any atom is -0.493 e. The summed E-state index contributed by atoms with van der Waals surface area (Å²) in [4.78, 5) is 15.4. The highest BCUT2D eigenvalue weighted by molar-refractivity contribution is 7.11. The molecule has 0 bridgehead atoms. The van der Waals surface area contributed by atoms with Crippen molar-refractivity contribution >= 4 is 17.6 Å². The summed E-state index contributed by atoms with van der Waals surface area (Å²) in [7, 11) is 0. The van der Waals surface area contributed by atoms with Gasteiger partial charge in [-0.05, 0) is 54.9 Å². The average Bonchev–Trinajstić information content (AvgIpc) is 3.09. The third-order valence-electron chi connectivity index (χ3n) is 4.64. The predicted molar refractivity (Wildman–Crippen MR) is 102 cm³/mol. The second-order valence-corrected chi connectivity index (χ2v) is 7.11. The molecule has 0 aliphatic carbocycles. The molecule has 0 N–H and O–H groups in total. The summed E-state index contributed by atoms with van der Waals surface area (Å²) in [6.07, 6.45) is 2.92. The highest BCUT2D eigenvalue weighted by Crippen LogP contribution is 2.40. The fourth-order valence-electron chi connectivity index (χ4n) is 2.78. The van der Waals surface area contributed by atoms with E-state index in [1.807, 2.05) is 12.3 Å². The quantitative estimate of drug-likeness (QED) is 0.547. The first-order valence-electron chi connectivity index (χ1n) is 8.77. The number of thiazole rings is 1. The van der Waals surface area contributed by atoms with Crippen LogP contribution in [0, 0.1) is 0 Å². The van der Waals surface area contributed by atoms with Crippen LogP contribution < -0.4 is 4.74 Å². The summed E-state index contributed by atoms with van der Waals surface area (Å²) >= 11 is 1.39. The maximum atomic E-state index is 11.0. The molecule has 24 heavy (non-hydrogen) atoms. The van der Waals surface area contributed by atoms with Gasteiger partial charge in [0.1, 0.15) is 5.75 Å². The van der Waals surface area contributed by atoms with Crippen molar-refractivity contribution in [3.05, 3.63) is 33.6 Å². The third-order valence-corrected chi connectivity index (χ3v) is 5.41. The molecule has 0 spiro atoms. The number of aromatic nitrogens is 1. The van der Waals surface area contributed by atoms with Crippen molar-refractivity contribution in [2.75, 3.05) is 6.61 Å². The molecule has 0 amide bonds. The van der Waals surface area contributed by atoms with E-state index in [-0.39, 0.29) is 0 Å². The Bertz CT molecular complexity index is 662. The summed E-state index contributed by atoms with van der Waals surface area (Å²) in [5.41, 5.74) is 4.44. The van der Waals surface area contributed by atoms with E-state index < -0.39 is 0 Å². The van der Waals surface area contributed by atoms with Crippen LogP contribution in [-0.2, 0) is 0 Å². The van der Waals surface area contributed by atoms with Crippen LogP contribution in [0.4, 0.5) is 0 Å². The molecule has 1 aromatic heterocycles. The normalized spacial score (nSPS) is 13.5. The number of ether oxygens (including phenoxy) is 1. The smallest absolute Gasteiger partial charge is 0.178 e. The van der Waals surface area contributed by atoms with Crippen molar-refractivity contribution in [2.45, 2.75) is 59.3 Å². The first-order valence-corrected chi connectivity index (χ1v) is 9.65. The Balaban J connectivity index is 2.66. The molecule has 2 rings (SSSR count). The zero-order valence-electron chi connectivity index (χ0n) is 15.3. The second-order valence-electron chi connectivity index (χ2n) is 6.22. The Morgan fingerprint density at radius 2 is 1.71 bits per heavy atom. The van der Waals surface area contributed by atoms with Gasteiger partial charge in [0.15, 0.2) is 11.3 Å². The van der Waals surface area contributed by atoms with Crippen molar-refractivity contribution in [2.24, 2.45) is 0 Å².